The summed E-state index contributed by atoms with van der Waals surface area (Å²) in [5.74, 6) is 6.66. The van der Waals surface area contributed by atoms with Crippen LogP contribution in [-0.2, 0) is 16.0 Å². The summed E-state index contributed by atoms with van der Waals surface area (Å²) in [6, 6.07) is 7.39. The molecule has 129 heavy (non-hydrogen) atoms. The van der Waals surface area contributed by atoms with Gasteiger partial charge in [-0.1, -0.05) is 207 Å². The van der Waals surface area contributed by atoms with Crippen molar-refractivity contribution in [1.82, 2.24) is 0 Å². The molecule has 1 atom stereocenters. The molecule has 8 saturated carbocycles. The first-order valence-electron chi connectivity index (χ1n) is 53.3. The number of unbranched alkanes of at least 4 members (excludes halogenated alkanes) is 6. The van der Waals surface area contributed by atoms with Crippen molar-refractivity contribution < 1.29 is 68.7 Å². The average Bonchev–Trinajstić information content (AvgIpc) is 0.969. The number of allylic oxidation sites excluding steroid dienone is 1. The normalized spacial score (nSPS) is 26.8. The fourth-order valence-electron chi connectivity index (χ4n) is 24.3. The Morgan fingerprint density at radius 2 is 0.698 bits per heavy atom. The molecule has 4 aromatic carbocycles. The molecule has 4 aromatic rings. The predicted octanol–water partition coefficient (Wildman–Crippen LogP) is 34.4. The van der Waals surface area contributed by atoms with Gasteiger partial charge in [0, 0.05) is 30.8 Å². The second-order valence-electron chi connectivity index (χ2n) is 41.3. The summed E-state index contributed by atoms with van der Waals surface area (Å²) < 4.78 is 138. The van der Waals surface area contributed by atoms with E-state index in [9.17, 15) is 45.0 Å². The van der Waals surface area contributed by atoms with Gasteiger partial charge in [0.2, 0.25) is 23.3 Å². The zero-order valence-corrected chi connectivity index (χ0v) is 82.9. The molecule has 0 radical (unpaired) electrons. The Bertz CT molecular complexity index is 3750. The molecule has 8 aliphatic carbocycles. The molecule has 15 heteroatoms. The van der Waals surface area contributed by atoms with Crippen LogP contribution in [0.25, 0.3) is 6.08 Å². The van der Waals surface area contributed by atoms with E-state index >= 15 is 0 Å². The number of hydrogen-bond donors (Lipinski definition) is 1. The number of hydrogen-bond acceptors (Lipinski definition) is 7. The Hall–Kier alpha value is -5.15. The Balaban J connectivity index is 0.000000202. The molecule has 0 amide bonds. The topological polar surface area (TPSA) is 83.5 Å². The van der Waals surface area contributed by atoms with Crippen LogP contribution in [0.1, 0.15) is 428 Å². The van der Waals surface area contributed by atoms with Crippen LogP contribution in [0.5, 0.6) is 23.0 Å². The standard InChI is InChI=1S/C28H44F2O2.C28H44F2O.C28H42F2O.C17H30O.C9H10F2O.C4H8O/c1-4-6-7-8-20-9-13-22(14-10-20)23-15-11-21(12-16-23)18-24(31)26-19(3)17-25(32-5-2)27(29)28(26)30;2*1-4-6-7-8-21-9-14-23(15-10-21)24-16-11-22(12-17-24)13-18-25-20(3)19-26(31-5-2)28(30)27(25)29;1-2-3-14-4-8-16(9-5-14)17-10-6-15(7-11-17)12-13-18;1-3-12-8-5-6(2)4-7(10)9(8)11;1-2-4-5-3-1/h17,20-24,31H,4-16,18H2,1-3H3;19,21-24H,4-18H2,1-3H3;13,18-19,21-24H,4-12,14-17H2,1-3H3;13-17H,2-12H2,1H3;4-5H,3H2,1-2H3;1-4H2/b;;18-13+;;;. The lowest BCUT2D eigenvalue weighted by molar-refractivity contribution is -0.108. The maximum absolute atomic E-state index is 14.7. The van der Waals surface area contributed by atoms with Crippen LogP contribution in [0.3, 0.4) is 0 Å². The van der Waals surface area contributed by atoms with Crippen LogP contribution < -0.4 is 18.9 Å². The molecule has 0 spiro atoms. The number of benzene rings is 4. The number of halogens is 8. The first kappa shape index (κ1) is 109. The van der Waals surface area contributed by atoms with Crippen LogP contribution in [0, 0.1) is 169 Å². The SMILES string of the molecule is C1CCOC1.CCCC1CCC(C2CCC(CC=O)CC2)CC1.CCCCCC1CCC(C2CCC(/C=C/c3c(C)cc(OCC)c(F)c3F)CC2)CC1.CCCCCC1CCC(C2CCC(CC(O)c3c(C)cc(OCC)c(F)c3F)CC2)CC1.CCCCCC1CCC(C2CCC(CCc3c(C)cc(OCC)c(F)c3F)CC2)CC1.CCOc1cc(C)cc(F)c1F. The third-order valence-electron chi connectivity index (χ3n) is 32.2. The molecule has 0 bridgehead atoms. The number of carbonyl (C=O) groups excluding carboxylic acids is 1. The van der Waals surface area contributed by atoms with E-state index in [0.29, 0.717) is 72.7 Å². The molecule has 7 nitrogen and oxygen atoms in total. The number of rotatable bonds is 36. The van der Waals surface area contributed by atoms with Crippen LogP contribution >= 0.6 is 0 Å². The molecule has 0 aromatic heterocycles. The molecule has 1 unspecified atom stereocenters. The van der Waals surface area contributed by atoms with E-state index in [1.807, 2.05) is 13.8 Å². The minimum absolute atomic E-state index is 0.00948. The van der Waals surface area contributed by atoms with Gasteiger partial charge in [-0.05, 0) is 369 Å². The van der Waals surface area contributed by atoms with Crippen LogP contribution in [0.2, 0.25) is 0 Å². The summed E-state index contributed by atoms with van der Waals surface area (Å²) in [5.41, 5.74) is 3.76. The van der Waals surface area contributed by atoms with Crippen LogP contribution in [0.15, 0.2) is 36.4 Å². The Labute approximate surface area is 779 Å². The number of carbonyl (C=O) groups is 1. The first-order chi connectivity index (χ1) is 62.5. The number of aldehydes is 1. The van der Waals surface area contributed by atoms with Crippen molar-refractivity contribution >= 4 is 12.4 Å². The van der Waals surface area contributed by atoms with Crippen molar-refractivity contribution in [2.45, 2.75) is 423 Å². The lowest BCUT2D eigenvalue weighted by atomic mass is 9.68. The van der Waals surface area contributed by atoms with Crippen molar-refractivity contribution in [1.29, 1.82) is 0 Å². The number of aliphatic hydroxyl groups is 1. The van der Waals surface area contributed by atoms with Crippen LogP contribution in [0.4, 0.5) is 35.1 Å². The first-order valence-corrected chi connectivity index (χ1v) is 53.3. The zero-order valence-electron chi connectivity index (χ0n) is 82.9. The summed E-state index contributed by atoms with van der Waals surface area (Å²) >= 11 is 0. The van der Waals surface area contributed by atoms with E-state index in [0.717, 1.165) is 139 Å². The van der Waals surface area contributed by atoms with Gasteiger partial charge in [0.15, 0.2) is 46.3 Å². The van der Waals surface area contributed by atoms with Gasteiger partial charge in [-0.3, -0.25) is 0 Å². The third-order valence-corrected chi connectivity index (χ3v) is 32.2. The smallest absolute Gasteiger partial charge is 0.201 e. The minimum Gasteiger partial charge on any atom is -0.491 e. The van der Waals surface area contributed by atoms with Gasteiger partial charge in [0.05, 0.1) is 32.5 Å². The molecule has 13 rings (SSSR count). The van der Waals surface area contributed by atoms with E-state index in [1.165, 1.54) is 307 Å². The van der Waals surface area contributed by atoms with E-state index in [-0.39, 0.29) is 35.2 Å². The maximum atomic E-state index is 14.7. The molecule has 732 valence electrons. The largest absolute Gasteiger partial charge is 0.491 e. The highest BCUT2D eigenvalue weighted by atomic mass is 19.2. The molecule has 1 aliphatic heterocycles. The quantitative estimate of drug-likeness (QED) is 0.0276. The summed E-state index contributed by atoms with van der Waals surface area (Å²) in [4.78, 5) is 10.6. The van der Waals surface area contributed by atoms with Crippen molar-refractivity contribution in [3.05, 3.63) is 122 Å². The predicted molar refractivity (Wildman–Crippen MR) is 518 cm³/mol. The van der Waals surface area contributed by atoms with E-state index in [1.54, 1.807) is 59.8 Å². The summed E-state index contributed by atoms with van der Waals surface area (Å²) in [6.07, 6.45) is 72.5. The average molecular weight is 1810 g/mol. The molecule has 1 heterocycles. The summed E-state index contributed by atoms with van der Waals surface area (Å²) in [6.45, 7) is 26.6. The Kier molecular flexibility index (Phi) is 51.1. The second-order valence-corrected chi connectivity index (χ2v) is 41.3. The van der Waals surface area contributed by atoms with Crippen molar-refractivity contribution in [2.75, 3.05) is 39.6 Å². The van der Waals surface area contributed by atoms with E-state index < -0.39 is 52.6 Å². The van der Waals surface area contributed by atoms with Crippen molar-refractivity contribution in [3.8, 4) is 23.0 Å². The summed E-state index contributed by atoms with van der Waals surface area (Å²) in [7, 11) is 0. The van der Waals surface area contributed by atoms with Gasteiger partial charge in [0.1, 0.15) is 6.29 Å². The lowest BCUT2D eigenvalue weighted by Gasteiger charge is -2.38. The fourth-order valence-corrected chi connectivity index (χ4v) is 24.3. The van der Waals surface area contributed by atoms with Crippen LogP contribution in [-0.4, -0.2) is 51.0 Å². The fraction of sp³-hybridized carbons (Fsp3) is 0.763. The van der Waals surface area contributed by atoms with Gasteiger partial charge in [0.25, 0.3) is 0 Å². The summed E-state index contributed by atoms with van der Waals surface area (Å²) in [5, 5.41) is 10.8. The lowest BCUT2D eigenvalue weighted by Crippen LogP contribution is -2.26. The monoisotopic (exact) mass is 1810 g/mol. The van der Waals surface area contributed by atoms with E-state index in [4.69, 9.17) is 23.7 Å². The Morgan fingerprint density at radius 3 is 1.07 bits per heavy atom. The van der Waals surface area contributed by atoms with Gasteiger partial charge in [-0.2, -0.15) is 17.6 Å². The third kappa shape index (κ3) is 36.1. The maximum Gasteiger partial charge on any atom is 0.201 e. The van der Waals surface area contributed by atoms with Gasteiger partial charge in [-0.15, -0.1) is 0 Å². The highest BCUT2D eigenvalue weighted by molar-refractivity contribution is 5.57. The molecule has 1 saturated heterocycles. The highest BCUT2D eigenvalue weighted by Gasteiger charge is 2.37. The molecule has 9 aliphatic rings. The van der Waals surface area contributed by atoms with Crippen molar-refractivity contribution in [2.24, 2.45) is 94.7 Å². The van der Waals surface area contributed by atoms with E-state index in [2.05, 4.69) is 33.8 Å². The van der Waals surface area contributed by atoms with Crippen molar-refractivity contribution in [3.63, 3.8) is 0 Å². The second kappa shape index (κ2) is 60.3. The molecular formula is C114H178F8O7. The molecule has 9 fully saturated rings. The molecular weight excluding hydrogens is 1630 g/mol. The molecule has 1 N–H and O–H groups in total. The van der Waals surface area contributed by atoms with Gasteiger partial charge in [-0.25, -0.2) is 17.6 Å². The number of ether oxygens (including phenoxy) is 5. The minimum atomic E-state index is -0.986. The van der Waals surface area contributed by atoms with Gasteiger partial charge < -0.3 is 33.6 Å². The number of aliphatic hydroxyl groups excluding tert-OH is 1. The number of aryl methyl sites for hydroxylation is 4. The Morgan fingerprint density at radius 1 is 0.357 bits per heavy atom. The van der Waals surface area contributed by atoms with Gasteiger partial charge >= 0.3 is 0 Å². The zero-order chi connectivity index (χ0) is 93.0. The highest BCUT2D eigenvalue weighted by Crippen LogP contribution is 2.49.